The van der Waals surface area contributed by atoms with E-state index >= 15 is 0 Å². The van der Waals surface area contributed by atoms with Crippen molar-refractivity contribution in [3.05, 3.63) is 36.2 Å². The summed E-state index contributed by atoms with van der Waals surface area (Å²) in [5.74, 6) is 1.88. The maximum absolute atomic E-state index is 6.19. The average Bonchev–Trinajstić information content (AvgIpc) is 2.83. The van der Waals surface area contributed by atoms with Crippen molar-refractivity contribution in [2.24, 2.45) is 13.0 Å². The lowest BCUT2D eigenvalue weighted by Gasteiger charge is -2.28. The standard InChI is InChI=1S/C18H24N2O/c1-13-7-8-16(17-11-19-20(3)12-17)10-18(13)21-14(2)9-15-5-4-6-15/h7-8,10-12,14-15H,4-6,9H2,1-3H3/t14-/m0/s1. The minimum atomic E-state index is 0.290. The lowest BCUT2D eigenvalue weighted by Crippen LogP contribution is -2.21. The van der Waals surface area contributed by atoms with Crippen molar-refractivity contribution >= 4 is 0 Å². The second-order valence-corrected chi connectivity index (χ2v) is 6.34. The molecular formula is C18H24N2O. The molecule has 1 heterocycles. The van der Waals surface area contributed by atoms with Gasteiger partial charge in [0, 0.05) is 18.8 Å². The van der Waals surface area contributed by atoms with Crippen molar-refractivity contribution in [3.63, 3.8) is 0 Å². The molecule has 0 amide bonds. The van der Waals surface area contributed by atoms with Gasteiger partial charge < -0.3 is 4.74 Å². The van der Waals surface area contributed by atoms with E-state index in [0.717, 1.165) is 17.2 Å². The molecule has 1 aromatic carbocycles. The van der Waals surface area contributed by atoms with Crippen LogP contribution in [0.3, 0.4) is 0 Å². The molecule has 0 bridgehead atoms. The Labute approximate surface area is 126 Å². The summed E-state index contributed by atoms with van der Waals surface area (Å²) in [5.41, 5.74) is 3.50. The Morgan fingerprint density at radius 3 is 2.76 bits per heavy atom. The van der Waals surface area contributed by atoms with Gasteiger partial charge in [-0.05, 0) is 43.4 Å². The van der Waals surface area contributed by atoms with E-state index in [-0.39, 0.29) is 6.10 Å². The number of aryl methyl sites for hydroxylation is 2. The molecule has 1 atom stereocenters. The van der Waals surface area contributed by atoms with Crippen molar-refractivity contribution < 1.29 is 4.74 Å². The number of benzene rings is 1. The van der Waals surface area contributed by atoms with E-state index in [1.54, 1.807) is 0 Å². The number of rotatable bonds is 5. The fraction of sp³-hybridized carbons (Fsp3) is 0.500. The third-order valence-electron chi connectivity index (χ3n) is 4.44. The van der Waals surface area contributed by atoms with Crippen molar-refractivity contribution in [3.8, 4) is 16.9 Å². The van der Waals surface area contributed by atoms with Gasteiger partial charge >= 0.3 is 0 Å². The molecule has 21 heavy (non-hydrogen) atoms. The molecule has 3 rings (SSSR count). The van der Waals surface area contributed by atoms with Crippen LogP contribution in [0.15, 0.2) is 30.6 Å². The maximum atomic E-state index is 6.19. The van der Waals surface area contributed by atoms with Crippen LogP contribution >= 0.6 is 0 Å². The molecule has 0 saturated heterocycles. The Morgan fingerprint density at radius 2 is 2.14 bits per heavy atom. The monoisotopic (exact) mass is 284 g/mol. The van der Waals surface area contributed by atoms with Crippen LogP contribution in [-0.4, -0.2) is 15.9 Å². The Balaban J connectivity index is 1.74. The molecule has 1 aliphatic rings. The molecule has 1 fully saturated rings. The van der Waals surface area contributed by atoms with E-state index < -0.39 is 0 Å². The van der Waals surface area contributed by atoms with Crippen LogP contribution in [0.1, 0.15) is 38.2 Å². The second kappa shape index (κ2) is 5.92. The van der Waals surface area contributed by atoms with Gasteiger partial charge in [0.1, 0.15) is 5.75 Å². The zero-order valence-corrected chi connectivity index (χ0v) is 13.2. The highest BCUT2D eigenvalue weighted by Gasteiger charge is 2.21. The molecule has 0 unspecified atom stereocenters. The molecule has 0 aliphatic heterocycles. The van der Waals surface area contributed by atoms with Gasteiger partial charge in [0.2, 0.25) is 0 Å². The van der Waals surface area contributed by atoms with Crippen LogP contribution in [0.5, 0.6) is 5.75 Å². The van der Waals surface area contributed by atoms with Gasteiger partial charge in [-0.1, -0.05) is 31.4 Å². The normalized spacial score (nSPS) is 16.5. The zero-order valence-electron chi connectivity index (χ0n) is 13.2. The molecule has 0 radical (unpaired) electrons. The van der Waals surface area contributed by atoms with E-state index in [1.807, 2.05) is 24.1 Å². The minimum Gasteiger partial charge on any atom is -0.490 e. The van der Waals surface area contributed by atoms with E-state index in [1.165, 1.54) is 36.8 Å². The first kappa shape index (κ1) is 14.2. The maximum Gasteiger partial charge on any atom is 0.123 e. The van der Waals surface area contributed by atoms with Crippen LogP contribution in [0.2, 0.25) is 0 Å². The SMILES string of the molecule is Cc1ccc(-c2cnn(C)c2)cc1O[C@@H](C)CC1CCC1. The summed E-state index contributed by atoms with van der Waals surface area (Å²) in [4.78, 5) is 0. The fourth-order valence-corrected chi connectivity index (χ4v) is 2.94. The first-order valence-corrected chi connectivity index (χ1v) is 7.88. The van der Waals surface area contributed by atoms with E-state index in [4.69, 9.17) is 4.74 Å². The second-order valence-electron chi connectivity index (χ2n) is 6.34. The quantitative estimate of drug-likeness (QED) is 0.816. The van der Waals surface area contributed by atoms with Gasteiger partial charge in [-0.15, -0.1) is 0 Å². The lowest BCUT2D eigenvalue weighted by atomic mass is 9.82. The van der Waals surface area contributed by atoms with E-state index in [9.17, 15) is 0 Å². The molecular weight excluding hydrogens is 260 g/mol. The van der Waals surface area contributed by atoms with Gasteiger partial charge in [0.15, 0.2) is 0 Å². The summed E-state index contributed by atoms with van der Waals surface area (Å²) in [6.07, 6.45) is 9.55. The zero-order chi connectivity index (χ0) is 14.8. The van der Waals surface area contributed by atoms with E-state index in [2.05, 4.69) is 37.1 Å². The molecule has 0 spiro atoms. The predicted molar refractivity (Wildman–Crippen MR) is 85.4 cm³/mol. The van der Waals surface area contributed by atoms with E-state index in [0.29, 0.717) is 0 Å². The highest BCUT2D eigenvalue weighted by Crippen LogP contribution is 2.33. The molecule has 1 aliphatic carbocycles. The van der Waals surface area contributed by atoms with Gasteiger partial charge in [-0.3, -0.25) is 4.68 Å². The van der Waals surface area contributed by atoms with Gasteiger partial charge in [0.25, 0.3) is 0 Å². The Bertz CT molecular complexity index is 613. The third kappa shape index (κ3) is 3.29. The highest BCUT2D eigenvalue weighted by atomic mass is 16.5. The summed E-state index contributed by atoms with van der Waals surface area (Å²) < 4.78 is 8.02. The third-order valence-corrected chi connectivity index (χ3v) is 4.44. The number of hydrogen-bond acceptors (Lipinski definition) is 2. The molecule has 3 nitrogen and oxygen atoms in total. The summed E-state index contributed by atoms with van der Waals surface area (Å²) in [6.45, 7) is 4.30. The molecule has 2 aromatic rings. The Hall–Kier alpha value is -1.77. The molecule has 1 saturated carbocycles. The van der Waals surface area contributed by atoms with Crippen molar-refractivity contribution in [1.29, 1.82) is 0 Å². The first-order valence-electron chi connectivity index (χ1n) is 7.88. The highest BCUT2D eigenvalue weighted by molar-refractivity contribution is 5.64. The van der Waals surface area contributed by atoms with Crippen LogP contribution in [0.25, 0.3) is 11.1 Å². The van der Waals surface area contributed by atoms with Crippen LogP contribution in [-0.2, 0) is 7.05 Å². The Kier molecular flexibility index (Phi) is 4.00. The smallest absolute Gasteiger partial charge is 0.123 e. The van der Waals surface area contributed by atoms with Crippen molar-refractivity contribution in [1.82, 2.24) is 9.78 Å². The molecule has 0 N–H and O–H groups in total. The molecule has 112 valence electrons. The van der Waals surface area contributed by atoms with Gasteiger partial charge in [-0.25, -0.2) is 0 Å². The van der Waals surface area contributed by atoms with Crippen LogP contribution < -0.4 is 4.74 Å². The van der Waals surface area contributed by atoms with Gasteiger partial charge in [0.05, 0.1) is 12.3 Å². The predicted octanol–water partition coefficient (Wildman–Crippen LogP) is 4.35. The van der Waals surface area contributed by atoms with Crippen molar-refractivity contribution in [2.75, 3.05) is 0 Å². The molecule has 1 aromatic heterocycles. The number of nitrogens with zero attached hydrogens (tertiary/aromatic N) is 2. The topological polar surface area (TPSA) is 27.1 Å². The summed E-state index contributed by atoms with van der Waals surface area (Å²) in [6, 6.07) is 6.41. The summed E-state index contributed by atoms with van der Waals surface area (Å²) in [7, 11) is 1.94. The number of aromatic nitrogens is 2. The Morgan fingerprint density at radius 1 is 1.33 bits per heavy atom. The average molecular weight is 284 g/mol. The number of hydrogen-bond donors (Lipinski definition) is 0. The fourth-order valence-electron chi connectivity index (χ4n) is 2.94. The van der Waals surface area contributed by atoms with Gasteiger partial charge in [-0.2, -0.15) is 5.10 Å². The van der Waals surface area contributed by atoms with Crippen LogP contribution in [0.4, 0.5) is 0 Å². The largest absolute Gasteiger partial charge is 0.490 e. The van der Waals surface area contributed by atoms with Crippen LogP contribution in [0, 0.1) is 12.8 Å². The first-order chi connectivity index (χ1) is 10.1. The minimum absolute atomic E-state index is 0.290. The molecule has 3 heteroatoms. The lowest BCUT2D eigenvalue weighted by molar-refractivity contribution is 0.152. The summed E-state index contributed by atoms with van der Waals surface area (Å²) >= 11 is 0. The number of ether oxygens (including phenoxy) is 1. The summed E-state index contributed by atoms with van der Waals surface area (Å²) in [5, 5.41) is 4.24. The van der Waals surface area contributed by atoms with Crippen molar-refractivity contribution in [2.45, 2.75) is 45.6 Å².